The number of carbonyl (C=O) groups is 2. The zero-order valence-corrected chi connectivity index (χ0v) is 18.9. The topological polar surface area (TPSA) is 100 Å². The minimum atomic E-state index is -0.759. The van der Waals surface area contributed by atoms with E-state index in [4.69, 9.17) is 11.6 Å². The molecule has 2 amide bonds. The predicted octanol–water partition coefficient (Wildman–Crippen LogP) is 3.45. The van der Waals surface area contributed by atoms with E-state index in [9.17, 15) is 23.9 Å². The van der Waals surface area contributed by atoms with Crippen molar-refractivity contribution in [2.24, 2.45) is 11.8 Å². The summed E-state index contributed by atoms with van der Waals surface area (Å²) in [6, 6.07) is 12.0. The maximum absolute atomic E-state index is 14.6. The van der Waals surface area contributed by atoms with E-state index in [0.29, 0.717) is 21.3 Å². The highest BCUT2D eigenvalue weighted by Crippen LogP contribution is 2.32. The van der Waals surface area contributed by atoms with Crippen molar-refractivity contribution in [2.45, 2.75) is 18.9 Å². The molecule has 3 N–H and O–H groups in total. The lowest BCUT2D eigenvalue weighted by Crippen LogP contribution is -2.32. The normalized spacial score (nSPS) is 19.9. The molecule has 4 rings (SSSR count). The molecule has 33 heavy (non-hydrogen) atoms. The number of pyridine rings is 1. The number of aliphatic hydroxyl groups is 1. The number of nitrogens with zero attached hydrogens (tertiary/aromatic N) is 1. The molecule has 0 bridgehead atoms. The summed E-state index contributed by atoms with van der Waals surface area (Å²) in [5, 5.41) is 15.7. The Labute approximate surface area is 197 Å². The van der Waals surface area contributed by atoms with Gasteiger partial charge < -0.3 is 15.7 Å². The summed E-state index contributed by atoms with van der Waals surface area (Å²) in [5.41, 5.74) is 0.0395. The Balaban J connectivity index is 1.35. The molecule has 1 aliphatic rings. The van der Waals surface area contributed by atoms with Gasteiger partial charge in [0.15, 0.2) is 0 Å². The third kappa shape index (κ3) is 5.32. The number of benzene rings is 1. The zero-order valence-electron chi connectivity index (χ0n) is 17.3. The van der Waals surface area contributed by atoms with Crippen LogP contribution in [0.25, 0.3) is 5.69 Å². The first-order chi connectivity index (χ1) is 15.8. The number of aromatic nitrogens is 1. The summed E-state index contributed by atoms with van der Waals surface area (Å²) in [5.74, 6) is -2.18. The molecular weight excluding hydrogens is 469 g/mol. The van der Waals surface area contributed by atoms with Gasteiger partial charge in [-0.2, -0.15) is 0 Å². The van der Waals surface area contributed by atoms with Gasteiger partial charge >= 0.3 is 0 Å². The van der Waals surface area contributed by atoms with Crippen LogP contribution in [0.1, 0.15) is 22.5 Å². The molecule has 2 aromatic heterocycles. The van der Waals surface area contributed by atoms with Crippen molar-refractivity contribution >= 4 is 40.4 Å². The van der Waals surface area contributed by atoms with E-state index in [2.05, 4.69) is 10.6 Å². The number of thiophene rings is 1. The van der Waals surface area contributed by atoms with Crippen molar-refractivity contribution < 1.29 is 19.1 Å². The average Bonchev–Trinajstić information content (AvgIpc) is 3.39. The Morgan fingerprint density at radius 1 is 1.18 bits per heavy atom. The Kier molecular flexibility index (Phi) is 6.92. The number of nitrogens with one attached hydrogen (secondary N) is 2. The molecule has 10 heteroatoms. The van der Waals surface area contributed by atoms with E-state index in [-0.39, 0.29) is 36.0 Å². The van der Waals surface area contributed by atoms with Gasteiger partial charge in [-0.05, 0) is 43.2 Å². The van der Waals surface area contributed by atoms with Crippen molar-refractivity contribution in [3.05, 3.63) is 80.1 Å². The highest BCUT2D eigenvalue weighted by molar-refractivity contribution is 7.18. The minimum Gasteiger partial charge on any atom is -0.393 e. The molecular formula is C23H21ClFN3O4S. The van der Waals surface area contributed by atoms with E-state index in [1.54, 1.807) is 30.3 Å². The smallest absolute Gasteiger partial charge is 0.261 e. The predicted molar refractivity (Wildman–Crippen MR) is 125 cm³/mol. The second kappa shape index (κ2) is 9.86. The SMILES string of the molecule is O=C(NC[C@H]1C[C@H](C(=O)Nc2ccc(-n3ccccc3=O)cc2F)C[C@@H]1O)c1ccc(Cl)s1. The van der Waals surface area contributed by atoms with Crippen LogP contribution in [0.4, 0.5) is 10.1 Å². The van der Waals surface area contributed by atoms with Gasteiger partial charge in [0.1, 0.15) is 5.82 Å². The molecule has 0 saturated heterocycles. The van der Waals surface area contributed by atoms with Crippen molar-refractivity contribution in [1.29, 1.82) is 0 Å². The fourth-order valence-corrected chi connectivity index (χ4v) is 4.87. The fourth-order valence-electron chi connectivity index (χ4n) is 3.91. The van der Waals surface area contributed by atoms with E-state index in [1.165, 1.54) is 29.0 Å². The molecule has 1 saturated carbocycles. The minimum absolute atomic E-state index is 0.00598. The molecule has 2 heterocycles. The van der Waals surface area contributed by atoms with Crippen LogP contribution in [0.3, 0.4) is 0 Å². The second-order valence-corrected chi connectivity index (χ2v) is 9.59. The van der Waals surface area contributed by atoms with Crippen LogP contribution < -0.4 is 16.2 Å². The molecule has 3 aromatic rings. The molecule has 0 spiro atoms. The largest absolute Gasteiger partial charge is 0.393 e. The Bertz CT molecular complexity index is 1240. The van der Waals surface area contributed by atoms with Gasteiger partial charge in [-0.25, -0.2) is 4.39 Å². The highest BCUT2D eigenvalue weighted by Gasteiger charge is 2.37. The van der Waals surface area contributed by atoms with Crippen molar-refractivity contribution in [1.82, 2.24) is 9.88 Å². The molecule has 0 aliphatic heterocycles. The molecule has 1 fully saturated rings. The average molecular weight is 490 g/mol. The molecule has 0 unspecified atom stereocenters. The van der Waals surface area contributed by atoms with Crippen LogP contribution in [0.15, 0.2) is 59.5 Å². The number of carbonyl (C=O) groups excluding carboxylic acids is 2. The second-order valence-electron chi connectivity index (χ2n) is 7.87. The quantitative estimate of drug-likeness (QED) is 0.493. The standard InChI is InChI=1S/C23H21ClFN3O4S/c24-20-7-6-19(33-20)23(32)26-12-14-9-13(10-18(14)29)22(31)27-17-5-4-15(11-16(17)25)28-8-2-1-3-21(28)30/h1-8,11,13-14,18,29H,9-10,12H2,(H,26,32)(H,27,31)/t13-,14+,18-/m0/s1. The van der Waals surface area contributed by atoms with Gasteiger partial charge in [0.25, 0.3) is 11.5 Å². The number of amides is 2. The maximum atomic E-state index is 14.6. The lowest BCUT2D eigenvalue weighted by molar-refractivity contribution is -0.119. The number of aliphatic hydroxyl groups excluding tert-OH is 1. The molecule has 7 nitrogen and oxygen atoms in total. The first kappa shape index (κ1) is 23.2. The van der Waals surface area contributed by atoms with Gasteiger partial charge in [-0.15, -0.1) is 11.3 Å². The number of halogens is 2. The van der Waals surface area contributed by atoms with Crippen LogP contribution in [0.2, 0.25) is 4.34 Å². The van der Waals surface area contributed by atoms with Crippen LogP contribution in [-0.4, -0.2) is 34.1 Å². The maximum Gasteiger partial charge on any atom is 0.261 e. The monoisotopic (exact) mass is 489 g/mol. The van der Waals surface area contributed by atoms with Crippen molar-refractivity contribution in [3.63, 3.8) is 0 Å². The van der Waals surface area contributed by atoms with Crippen molar-refractivity contribution in [2.75, 3.05) is 11.9 Å². The first-order valence-corrected chi connectivity index (χ1v) is 11.5. The van der Waals surface area contributed by atoms with Gasteiger partial charge in [0.05, 0.1) is 26.7 Å². The summed E-state index contributed by atoms with van der Waals surface area (Å²) < 4.78 is 16.4. The van der Waals surface area contributed by atoms with Crippen LogP contribution >= 0.6 is 22.9 Å². The highest BCUT2D eigenvalue weighted by atomic mass is 35.5. The lowest BCUT2D eigenvalue weighted by Gasteiger charge is -2.15. The van der Waals surface area contributed by atoms with Crippen LogP contribution in [0, 0.1) is 17.7 Å². The first-order valence-electron chi connectivity index (χ1n) is 10.3. The number of anilines is 1. The third-order valence-electron chi connectivity index (χ3n) is 5.66. The number of rotatable bonds is 6. The van der Waals surface area contributed by atoms with Crippen molar-refractivity contribution in [3.8, 4) is 5.69 Å². The van der Waals surface area contributed by atoms with Crippen LogP contribution in [-0.2, 0) is 4.79 Å². The summed E-state index contributed by atoms with van der Waals surface area (Å²) >= 11 is 7.01. The Hall–Kier alpha value is -3.01. The van der Waals surface area contributed by atoms with E-state index >= 15 is 0 Å². The fraction of sp³-hybridized carbons (Fsp3) is 0.261. The summed E-state index contributed by atoms with van der Waals surface area (Å²) in [6.45, 7) is 0.216. The van der Waals surface area contributed by atoms with E-state index in [0.717, 1.165) is 11.3 Å². The molecule has 3 atom stereocenters. The lowest BCUT2D eigenvalue weighted by atomic mass is 10.0. The van der Waals surface area contributed by atoms with Crippen LogP contribution in [0.5, 0.6) is 0 Å². The number of hydrogen-bond donors (Lipinski definition) is 3. The summed E-state index contributed by atoms with van der Waals surface area (Å²) in [4.78, 5) is 37.3. The third-order valence-corrected chi connectivity index (χ3v) is 6.89. The van der Waals surface area contributed by atoms with Gasteiger partial charge in [0.2, 0.25) is 5.91 Å². The molecule has 0 radical (unpaired) electrons. The Morgan fingerprint density at radius 3 is 2.70 bits per heavy atom. The molecule has 1 aromatic carbocycles. The molecule has 172 valence electrons. The number of hydrogen-bond acceptors (Lipinski definition) is 5. The van der Waals surface area contributed by atoms with E-state index in [1.807, 2.05) is 0 Å². The summed E-state index contributed by atoms with van der Waals surface area (Å²) in [7, 11) is 0. The van der Waals surface area contributed by atoms with Gasteiger partial charge in [-0.1, -0.05) is 17.7 Å². The van der Waals surface area contributed by atoms with Gasteiger partial charge in [-0.3, -0.25) is 19.0 Å². The summed E-state index contributed by atoms with van der Waals surface area (Å²) in [6.07, 6.45) is 1.35. The van der Waals surface area contributed by atoms with E-state index < -0.39 is 23.7 Å². The van der Waals surface area contributed by atoms with Gasteiger partial charge in [0, 0.05) is 36.7 Å². The Morgan fingerprint density at radius 2 is 2.00 bits per heavy atom. The molecule has 1 aliphatic carbocycles. The zero-order chi connectivity index (χ0) is 23.5.